The zero-order valence-electron chi connectivity index (χ0n) is 11.0. The van der Waals surface area contributed by atoms with Gasteiger partial charge in [-0.2, -0.15) is 4.98 Å². The van der Waals surface area contributed by atoms with Gasteiger partial charge in [-0.1, -0.05) is 5.16 Å². The van der Waals surface area contributed by atoms with Gasteiger partial charge >= 0.3 is 0 Å². The van der Waals surface area contributed by atoms with Crippen LogP contribution in [-0.2, 0) is 21.5 Å². The molecule has 1 unspecified atom stereocenters. The molecule has 1 saturated carbocycles. The molecule has 0 aromatic carbocycles. The van der Waals surface area contributed by atoms with Gasteiger partial charge in [0.25, 0.3) is 0 Å². The quantitative estimate of drug-likeness (QED) is 0.816. The maximum absolute atomic E-state index is 5.61. The van der Waals surface area contributed by atoms with Crippen LogP contribution in [0.4, 0.5) is 0 Å². The molecule has 1 aliphatic rings. The second-order valence-corrected chi connectivity index (χ2v) is 4.71. The largest absolute Gasteiger partial charge is 0.380 e. The molecular formula is C12H21N3O3. The van der Waals surface area contributed by atoms with E-state index in [0.29, 0.717) is 24.7 Å². The van der Waals surface area contributed by atoms with Crippen LogP contribution >= 0.6 is 0 Å². The van der Waals surface area contributed by atoms with Crippen molar-refractivity contribution in [2.45, 2.75) is 43.8 Å². The van der Waals surface area contributed by atoms with Gasteiger partial charge in [-0.3, -0.25) is 0 Å². The lowest BCUT2D eigenvalue weighted by Crippen LogP contribution is -2.27. The van der Waals surface area contributed by atoms with Crippen LogP contribution in [0.3, 0.4) is 0 Å². The Balaban J connectivity index is 2.09. The molecule has 0 saturated heterocycles. The summed E-state index contributed by atoms with van der Waals surface area (Å²) in [4.78, 5) is 4.43. The molecule has 102 valence electrons. The van der Waals surface area contributed by atoms with E-state index < -0.39 is 0 Å². The van der Waals surface area contributed by atoms with Crippen molar-refractivity contribution in [1.29, 1.82) is 0 Å². The fourth-order valence-electron chi connectivity index (χ4n) is 2.45. The van der Waals surface area contributed by atoms with Crippen molar-refractivity contribution in [3.63, 3.8) is 0 Å². The van der Waals surface area contributed by atoms with Crippen LogP contribution in [0.15, 0.2) is 4.52 Å². The van der Waals surface area contributed by atoms with Crippen molar-refractivity contribution in [2.75, 3.05) is 20.8 Å². The zero-order chi connectivity index (χ0) is 13.0. The van der Waals surface area contributed by atoms with Crippen LogP contribution in [0.5, 0.6) is 0 Å². The summed E-state index contributed by atoms with van der Waals surface area (Å²) in [6.07, 6.45) is 4.64. The van der Waals surface area contributed by atoms with Crippen molar-refractivity contribution in [1.82, 2.24) is 10.1 Å². The maximum atomic E-state index is 5.61. The molecule has 1 heterocycles. The van der Waals surface area contributed by atoms with E-state index in [-0.39, 0.29) is 11.7 Å². The minimum Gasteiger partial charge on any atom is -0.380 e. The Morgan fingerprint density at radius 3 is 2.67 bits per heavy atom. The number of nitrogens with zero attached hydrogens (tertiary/aromatic N) is 2. The van der Waals surface area contributed by atoms with Crippen molar-refractivity contribution in [3.05, 3.63) is 11.7 Å². The van der Waals surface area contributed by atoms with E-state index in [9.17, 15) is 0 Å². The molecule has 0 spiro atoms. The molecule has 1 fully saturated rings. The number of ether oxygens (including phenoxy) is 2. The Morgan fingerprint density at radius 1 is 1.39 bits per heavy atom. The van der Waals surface area contributed by atoms with Crippen LogP contribution in [0.2, 0.25) is 0 Å². The van der Waals surface area contributed by atoms with Crippen LogP contribution in [-0.4, -0.2) is 37.0 Å². The number of aromatic nitrogens is 2. The highest BCUT2D eigenvalue weighted by Gasteiger charge is 2.40. The van der Waals surface area contributed by atoms with E-state index >= 15 is 0 Å². The summed E-state index contributed by atoms with van der Waals surface area (Å²) in [5.74, 6) is 1.22. The average molecular weight is 255 g/mol. The van der Waals surface area contributed by atoms with Crippen LogP contribution in [0.1, 0.15) is 37.4 Å². The maximum Gasteiger partial charge on any atom is 0.229 e. The smallest absolute Gasteiger partial charge is 0.229 e. The lowest BCUT2D eigenvalue weighted by molar-refractivity contribution is -0.0178. The second kappa shape index (κ2) is 5.77. The van der Waals surface area contributed by atoms with Crippen molar-refractivity contribution in [3.8, 4) is 0 Å². The Kier molecular flexibility index (Phi) is 4.31. The number of hydrogen-bond donors (Lipinski definition) is 1. The Bertz CT molecular complexity index is 370. The van der Waals surface area contributed by atoms with Gasteiger partial charge in [0.15, 0.2) is 0 Å². The predicted octanol–water partition coefficient (Wildman–Crippen LogP) is 1.00. The summed E-state index contributed by atoms with van der Waals surface area (Å²) in [5, 5.41) is 4.06. The van der Waals surface area contributed by atoms with Gasteiger partial charge < -0.3 is 19.7 Å². The first kappa shape index (κ1) is 13.5. The highest BCUT2D eigenvalue weighted by Crippen LogP contribution is 2.40. The molecule has 6 heteroatoms. The molecule has 18 heavy (non-hydrogen) atoms. The van der Waals surface area contributed by atoms with Crippen LogP contribution in [0, 0.1) is 0 Å². The van der Waals surface area contributed by atoms with E-state index in [1.165, 1.54) is 0 Å². The van der Waals surface area contributed by atoms with E-state index in [1.807, 2.05) is 0 Å². The average Bonchev–Trinajstić information content (AvgIpc) is 3.05. The number of hydrogen-bond acceptors (Lipinski definition) is 6. The van der Waals surface area contributed by atoms with Gasteiger partial charge in [0, 0.05) is 20.8 Å². The molecule has 1 aliphatic carbocycles. The summed E-state index contributed by atoms with van der Waals surface area (Å²) in [7, 11) is 3.33. The first-order valence-corrected chi connectivity index (χ1v) is 6.35. The molecule has 1 aromatic rings. The third kappa shape index (κ3) is 2.55. The summed E-state index contributed by atoms with van der Waals surface area (Å²) in [6.45, 7) is 0.434. The molecule has 0 radical (unpaired) electrons. The first-order chi connectivity index (χ1) is 8.74. The van der Waals surface area contributed by atoms with E-state index in [2.05, 4.69) is 10.1 Å². The fourth-order valence-corrected chi connectivity index (χ4v) is 2.45. The molecule has 2 N–H and O–H groups in total. The number of methoxy groups -OCH3 is 2. The highest BCUT2D eigenvalue weighted by atomic mass is 16.5. The van der Waals surface area contributed by atoms with Gasteiger partial charge in [0.2, 0.25) is 11.7 Å². The Morgan fingerprint density at radius 2 is 2.11 bits per heavy atom. The normalized spacial score (nSPS) is 20.2. The highest BCUT2D eigenvalue weighted by molar-refractivity contribution is 5.04. The van der Waals surface area contributed by atoms with Crippen LogP contribution < -0.4 is 5.73 Å². The summed E-state index contributed by atoms with van der Waals surface area (Å²) < 4.78 is 16.1. The second-order valence-electron chi connectivity index (χ2n) is 4.71. The lowest BCUT2D eigenvalue weighted by atomic mass is 10.0. The summed E-state index contributed by atoms with van der Waals surface area (Å²) in [6, 6.07) is 0. The minimum absolute atomic E-state index is 0.0830. The van der Waals surface area contributed by atoms with Gasteiger partial charge in [0.1, 0.15) is 5.60 Å². The van der Waals surface area contributed by atoms with E-state index in [0.717, 1.165) is 25.7 Å². The van der Waals surface area contributed by atoms with Crippen LogP contribution in [0.25, 0.3) is 0 Å². The number of nitrogens with two attached hydrogens (primary N) is 1. The Labute approximate surface area is 107 Å². The molecule has 2 rings (SSSR count). The molecule has 0 aliphatic heterocycles. The van der Waals surface area contributed by atoms with Gasteiger partial charge in [-0.05, 0) is 25.7 Å². The molecule has 0 bridgehead atoms. The minimum atomic E-state index is -0.354. The molecule has 6 nitrogen and oxygen atoms in total. The monoisotopic (exact) mass is 255 g/mol. The molecular weight excluding hydrogens is 234 g/mol. The zero-order valence-corrected chi connectivity index (χ0v) is 11.0. The van der Waals surface area contributed by atoms with E-state index in [4.69, 9.17) is 19.7 Å². The topological polar surface area (TPSA) is 83.4 Å². The van der Waals surface area contributed by atoms with Crippen molar-refractivity contribution in [2.24, 2.45) is 5.73 Å². The lowest BCUT2D eigenvalue weighted by Gasteiger charge is -2.22. The summed E-state index contributed by atoms with van der Waals surface area (Å²) >= 11 is 0. The third-order valence-electron chi connectivity index (χ3n) is 3.68. The van der Waals surface area contributed by atoms with Gasteiger partial charge in [-0.15, -0.1) is 0 Å². The molecule has 1 atom stereocenters. The third-order valence-corrected chi connectivity index (χ3v) is 3.68. The Hall–Kier alpha value is -0.980. The predicted molar refractivity (Wildman–Crippen MR) is 65.0 cm³/mol. The van der Waals surface area contributed by atoms with E-state index in [1.54, 1.807) is 14.2 Å². The first-order valence-electron chi connectivity index (χ1n) is 6.35. The SMILES string of the molecule is COC(CN)Cc1nc(C2(OC)CCCC2)no1. The number of rotatable bonds is 6. The van der Waals surface area contributed by atoms with Crippen molar-refractivity contribution >= 4 is 0 Å². The van der Waals surface area contributed by atoms with Gasteiger partial charge in [-0.25, -0.2) is 0 Å². The standard InChI is InChI=1S/C12H21N3O3/c1-16-9(8-13)7-10-14-11(15-18-10)12(17-2)5-3-4-6-12/h9H,3-8,13H2,1-2H3. The fraction of sp³-hybridized carbons (Fsp3) is 0.833. The summed E-state index contributed by atoms with van der Waals surface area (Å²) in [5.41, 5.74) is 5.22. The van der Waals surface area contributed by atoms with Gasteiger partial charge in [0.05, 0.1) is 12.5 Å². The molecule has 0 amide bonds. The van der Waals surface area contributed by atoms with Crippen molar-refractivity contribution < 1.29 is 14.0 Å². The molecule has 1 aromatic heterocycles.